The molecular weight excluding hydrogens is 190 g/mol. The molecule has 15 heavy (non-hydrogen) atoms. The molecule has 3 nitrogen and oxygen atoms in total. The molecule has 1 aromatic rings. The highest BCUT2D eigenvalue weighted by molar-refractivity contribution is 5.65. The van der Waals surface area contributed by atoms with Crippen molar-refractivity contribution < 1.29 is 9.90 Å². The molecule has 0 heterocycles. The van der Waals surface area contributed by atoms with Gasteiger partial charge < -0.3 is 10.4 Å². The molecule has 1 amide bonds. The molecule has 3 heteroatoms. The van der Waals surface area contributed by atoms with Crippen LogP contribution in [0.5, 0.6) is 0 Å². The van der Waals surface area contributed by atoms with Gasteiger partial charge in [-0.25, -0.2) is 4.79 Å². The predicted molar refractivity (Wildman–Crippen MR) is 57.8 cm³/mol. The van der Waals surface area contributed by atoms with E-state index < -0.39 is 6.09 Å². The van der Waals surface area contributed by atoms with Crippen molar-refractivity contribution in [3.8, 4) is 0 Å². The van der Waals surface area contributed by atoms with Crippen LogP contribution in [0.15, 0.2) is 30.3 Å². The van der Waals surface area contributed by atoms with Crippen molar-refractivity contribution in [2.24, 2.45) is 5.92 Å². The normalized spacial score (nSPS) is 24.3. The van der Waals surface area contributed by atoms with Gasteiger partial charge in [-0.2, -0.15) is 0 Å². The van der Waals surface area contributed by atoms with Crippen LogP contribution < -0.4 is 5.32 Å². The Morgan fingerprint density at radius 2 is 2.00 bits per heavy atom. The van der Waals surface area contributed by atoms with Gasteiger partial charge in [0.15, 0.2) is 0 Å². The highest BCUT2D eigenvalue weighted by atomic mass is 16.4. The number of nitrogens with one attached hydrogen (secondary N) is 1. The van der Waals surface area contributed by atoms with E-state index in [1.165, 1.54) is 5.56 Å². The highest BCUT2D eigenvalue weighted by Crippen LogP contribution is 2.30. The van der Waals surface area contributed by atoms with Gasteiger partial charge in [0.1, 0.15) is 0 Å². The molecule has 80 valence electrons. The van der Waals surface area contributed by atoms with E-state index in [1.807, 2.05) is 18.2 Å². The first-order chi connectivity index (χ1) is 7.24. The van der Waals surface area contributed by atoms with E-state index in [0.29, 0.717) is 5.92 Å². The van der Waals surface area contributed by atoms with Crippen molar-refractivity contribution >= 4 is 6.09 Å². The zero-order chi connectivity index (χ0) is 10.7. The third-order valence-electron chi connectivity index (χ3n) is 2.93. The van der Waals surface area contributed by atoms with Crippen molar-refractivity contribution in [1.29, 1.82) is 0 Å². The maximum atomic E-state index is 10.4. The second kappa shape index (κ2) is 4.34. The molecule has 2 rings (SSSR count). The molecular formula is C12H15NO2. The summed E-state index contributed by atoms with van der Waals surface area (Å²) in [6.07, 6.45) is 2.11. The van der Waals surface area contributed by atoms with Crippen molar-refractivity contribution in [2.45, 2.75) is 25.3 Å². The third kappa shape index (κ3) is 2.72. The second-order valence-corrected chi connectivity index (χ2v) is 4.17. The molecule has 1 aromatic carbocycles. The van der Waals surface area contributed by atoms with Gasteiger partial charge in [0.05, 0.1) is 0 Å². The Balaban J connectivity index is 1.74. The number of hydrogen-bond donors (Lipinski definition) is 2. The molecule has 0 bridgehead atoms. The Morgan fingerprint density at radius 1 is 1.33 bits per heavy atom. The summed E-state index contributed by atoms with van der Waals surface area (Å²) in [6.45, 7) is 0. The van der Waals surface area contributed by atoms with E-state index in [9.17, 15) is 4.79 Å². The summed E-state index contributed by atoms with van der Waals surface area (Å²) in [5, 5.41) is 11.0. The van der Waals surface area contributed by atoms with Crippen molar-refractivity contribution in [3.63, 3.8) is 0 Å². The Bertz CT molecular complexity index is 331. The first-order valence-electron chi connectivity index (χ1n) is 5.27. The second-order valence-electron chi connectivity index (χ2n) is 4.17. The molecule has 1 fully saturated rings. The quantitative estimate of drug-likeness (QED) is 0.795. The molecule has 1 aliphatic carbocycles. The maximum absolute atomic E-state index is 10.4. The number of rotatable bonds is 3. The molecule has 0 spiro atoms. The molecule has 1 aliphatic rings. The number of carboxylic acid groups (broad SMARTS) is 1. The summed E-state index contributed by atoms with van der Waals surface area (Å²) in [6, 6.07) is 10.5. The van der Waals surface area contributed by atoms with Gasteiger partial charge in [-0.3, -0.25) is 0 Å². The van der Waals surface area contributed by atoms with Gasteiger partial charge in [-0.1, -0.05) is 30.3 Å². The van der Waals surface area contributed by atoms with Gasteiger partial charge >= 0.3 is 6.09 Å². The fourth-order valence-corrected chi connectivity index (χ4v) is 2.14. The van der Waals surface area contributed by atoms with E-state index in [4.69, 9.17) is 5.11 Å². The van der Waals surface area contributed by atoms with Crippen molar-refractivity contribution in [1.82, 2.24) is 5.32 Å². The lowest BCUT2D eigenvalue weighted by atomic mass is 9.77. The van der Waals surface area contributed by atoms with Crippen LogP contribution in [0.25, 0.3) is 0 Å². The number of benzene rings is 1. The first kappa shape index (κ1) is 10.0. The van der Waals surface area contributed by atoms with Crippen molar-refractivity contribution in [2.75, 3.05) is 0 Å². The minimum absolute atomic E-state index is 0.177. The largest absolute Gasteiger partial charge is 0.465 e. The minimum atomic E-state index is -0.904. The fraction of sp³-hybridized carbons (Fsp3) is 0.417. The number of hydrogen-bond acceptors (Lipinski definition) is 1. The number of amides is 1. The lowest BCUT2D eigenvalue weighted by Crippen LogP contribution is -2.44. The molecule has 0 radical (unpaired) electrons. The minimum Gasteiger partial charge on any atom is -0.465 e. The zero-order valence-electron chi connectivity index (χ0n) is 8.52. The monoisotopic (exact) mass is 205 g/mol. The van der Waals surface area contributed by atoms with Gasteiger partial charge in [-0.05, 0) is 30.7 Å². The number of carbonyl (C=O) groups is 1. The van der Waals surface area contributed by atoms with Gasteiger partial charge in [0.25, 0.3) is 0 Å². The van der Waals surface area contributed by atoms with Crippen LogP contribution in [-0.4, -0.2) is 17.2 Å². The van der Waals surface area contributed by atoms with Crippen LogP contribution in [0.2, 0.25) is 0 Å². The van der Waals surface area contributed by atoms with Crippen LogP contribution in [-0.2, 0) is 6.42 Å². The molecule has 2 N–H and O–H groups in total. The van der Waals surface area contributed by atoms with Crippen LogP contribution >= 0.6 is 0 Å². The van der Waals surface area contributed by atoms with Gasteiger partial charge in [0.2, 0.25) is 0 Å². The Labute approximate surface area is 89.1 Å². The average Bonchev–Trinajstić information content (AvgIpc) is 2.15. The standard InChI is InChI=1S/C12H15NO2/c14-12(15)13-11-7-10(8-11)6-9-4-2-1-3-5-9/h1-5,10-11,13H,6-8H2,(H,14,15). The smallest absolute Gasteiger partial charge is 0.404 e. The summed E-state index contributed by atoms with van der Waals surface area (Å²) >= 11 is 0. The van der Waals surface area contributed by atoms with Gasteiger partial charge in [0, 0.05) is 6.04 Å². The van der Waals surface area contributed by atoms with Crippen LogP contribution in [0.4, 0.5) is 4.79 Å². The lowest BCUT2D eigenvalue weighted by molar-refractivity contribution is 0.166. The molecule has 0 unspecified atom stereocenters. The summed E-state index contributed by atoms with van der Waals surface area (Å²) in [5.74, 6) is 0.643. The Kier molecular flexibility index (Phi) is 2.90. The van der Waals surface area contributed by atoms with Crippen LogP contribution in [0, 0.1) is 5.92 Å². The molecule has 0 aliphatic heterocycles. The van der Waals surface area contributed by atoms with Crippen LogP contribution in [0.1, 0.15) is 18.4 Å². The molecule has 0 saturated heterocycles. The summed E-state index contributed by atoms with van der Waals surface area (Å²) < 4.78 is 0. The van der Waals surface area contributed by atoms with E-state index in [-0.39, 0.29) is 6.04 Å². The predicted octanol–water partition coefficient (Wildman–Crippen LogP) is 2.28. The van der Waals surface area contributed by atoms with Gasteiger partial charge in [-0.15, -0.1) is 0 Å². The fourth-order valence-electron chi connectivity index (χ4n) is 2.14. The summed E-state index contributed by atoms with van der Waals surface area (Å²) in [5.41, 5.74) is 1.34. The maximum Gasteiger partial charge on any atom is 0.404 e. The Morgan fingerprint density at radius 3 is 2.60 bits per heavy atom. The summed E-state index contributed by atoms with van der Waals surface area (Å²) in [7, 11) is 0. The zero-order valence-corrected chi connectivity index (χ0v) is 8.52. The van der Waals surface area contributed by atoms with E-state index >= 15 is 0 Å². The topological polar surface area (TPSA) is 49.3 Å². The average molecular weight is 205 g/mol. The molecule has 1 saturated carbocycles. The Hall–Kier alpha value is -1.51. The highest BCUT2D eigenvalue weighted by Gasteiger charge is 2.29. The van der Waals surface area contributed by atoms with Crippen LogP contribution in [0.3, 0.4) is 0 Å². The lowest BCUT2D eigenvalue weighted by Gasteiger charge is -2.35. The van der Waals surface area contributed by atoms with E-state index in [1.54, 1.807) is 0 Å². The molecule has 0 aromatic heterocycles. The third-order valence-corrected chi connectivity index (χ3v) is 2.93. The summed E-state index contributed by atoms with van der Waals surface area (Å²) in [4.78, 5) is 10.4. The SMILES string of the molecule is O=C(O)NC1CC(Cc2ccccc2)C1. The van der Waals surface area contributed by atoms with E-state index in [2.05, 4.69) is 17.4 Å². The van der Waals surface area contributed by atoms with E-state index in [0.717, 1.165) is 19.3 Å². The molecule has 0 atom stereocenters. The first-order valence-corrected chi connectivity index (χ1v) is 5.27. The van der Waals surface area contributed by atoms with Crippen molar-refractivity contribution in [3.05, 3.63) is 35.9 Å².